The van der Waals surface area contributed by atoms with Crippen LogP contribution in [0.3, 0.4) is 0 Å². The van der Waals surface area contributed by atoms with Crippen LogP contribution < -0.4 is 10.6 Å². The Morgan fingerprint density at radius 3 is 3.07 bits per heavy atom. The first-order valence-electron chi connectivity index (χ1n) is 5.20. The lowest BCUT2D eigenvalue weighted by Gasteiger charge is -2.11. The summed E-state index contributed by atoms with van der Waals surface area (Å²) in [6.07, 6.45) is 2.17. The summed E-state index contributed by atoms with van der Waals surface area (Å²) in [5.74, 6) is 0.0538. The molecule has 1 rings (SSSR count). The van der Waals surface area contributed by atoms with Crippen LogP contribution in [0.4, 0.5) is 0 Å². The minimum Gasteiger partial charge on any atom is -0.350 e. The Labute approximate surface area is 89.6 Å². The summed E-state index contributed by atoms with van der Waals surface area (Å²) in [5, 5.41) is 12.6. The fourth-order valence-corrected chi connectivity index (χ4v) is 1.35. The van der Waals surface area contributed by atoms with Crippen LogP contribution in [0, 0.1) is 0 Å². The van der Waals surface area contributed by atoms with E-state index in [2.05, 4.69) is 20.8 Å². The first kappa shape index (κ1) is 11.7. The fourth-order valence-electron chi connectivity index (χ4n) is 1.35. The molecule has 1 heterocycles. The Hall–Kier alpha value is -1.36. The molecule has 5 heteroatoms. The van der Waals surface area contributed by atoms with Gasteiger partial charge < -0.3 is 10.6 Å². The number of H-pyrrole nitrogens is 1. The van der Waals surface area contributed by atoms with E-state index in [0.717, 1.165) is 12.2 Å². The van der Waals surface area contributed by atoms with Crippen LogP contribution in [0.1, 0.15) is 26.0 Å². The summed E-state index contributed by atoms with van der Waals surface area (Å²) in [6, 6.07) is 2.06. The average molecular weight is 210 g/mol. The Morgan fingerprint density at radius 1 is 1.67 bits per heavy atom. The lowest BCUT2D eigenvalue weighted by Crippen LogP contribution is -2.33. The van der Waals surface area contributed by atoms with Crippen molar-refractivity contribution in [3.05, 3.63) is 18.0 Å². The molecule has 0 aliphatic rings. The van der Waals surface area contributed by atoms with E-state index in [-0.39, 0.29) is 11.9 Å². The summed E-state index contributed by atoms with van der Waals surface area (Å²) in [7, 11) is 0. The number of carbonyl (C=O) groups is 1. The molecular formula is C10H18N4O. The third-order valence-electron chi connectivity index (χ3n) is 2.08. The van der Waals surface area contributed by atoms with Crippen LogP contribution in [0.2, 0.25) is 0 Å². The van der Waals surface area contributed by atoms with Crippen molar-refractivity contribution >= 4 is 5.91 Å². The summed E-state index contributed by atoms with van der Waals surface area (Å²) in [6.45, 7) is 5.42. The Bertz CT molecular complexity index is 284. The highest BCUT2D eigenvalue weighted by Crippen LogP contribution is 1.93. The maximum Gasteiger partial charge on any atom is 0.221 e. The smallest absolute Gasteiger partial charge is 0.221 e. The van der Waals surface area contributed by atoms with Crippen molar-refractivity contribution in [1.29, 1.82) is 0 Å². The fraction of sp³-hybridized carbons (Fsp3) is 0.600. The molecule has 84 valence electrons. The van der Waals surface area contributed by atoms with Gasteiger partial charge in [0.05, 0.1) is 12.2 Å². The van der Waals surface area contributed by atoms with Crippen molar-refractivity contribution in [2.75, 3.05) is 6.54 Å². The van der Waals surface area contributed by atoms with E-state index in [1.165, 1.54) is 0 Å². The second kappa shape index (κ2) is 6.19. The highest BCUT2D eigenvalue weighted by atomic mass is 16.1. The van der Waals surface area contributed by atoms with Crippen molar-refractivity contribution < 1.29 is 4.79 Å². The van der Waals surface area contributed by atoms with Crippen LogP contribution in [0.5, 0.6) is 0 Å². The second-order valence-electron chi connectivity index (χ2n) is 3.52. The van der Waals surface area contributed by atoms with Gasteiger partial charge in [-0.3, -0.25) is 9.89 Å². The SMILES string of the molecule is CCNC(C)CC(=O)NCc1ccn[nH]1. The van der Waals surface area contributed by atoms with Crippen molar-refractivity contribution in [2.45, 2.75) is 32.9 Å². The van der Waals surface area contributed by atoms with Gasteiger partial charge in [0.25, 0.3) is 0 Å². The number of hydrogen-bond acceptors (Lipinski definition) is 3. The summed E-state index contributed by atoms with van der Waals surface area (Å²) in [4.78, 5) is 11.4. The van der Waals surface area contributed by atoms with E-state index in [1.807, 2.05) is 19.9 Å². The van der Waals surface area contributed by atoms with Gasteiger partial charge in [-0.05, 0) is 19.5 Å². The lowest BCUT2D eigenvalue weighted by atomic mass is 10.2. The van der Waals surface area contributed by atoms with E-state index in [9.17, 15) is 4.79 Å². The highest BCUT2D eigenvalue weighted by Gasteiger charge is 2.07. The van der Waals surface area contributed by atoms with Crippen molar-refractivity contribution in [2.24, 2.45) is 0 Å². The zero-order valence-electron chi connectivity index (χ0n) is 9.21. The predicted octanol–water partition coefficient (Wildman–Crippen LogP) is 0.414. The summed E-state index contributed by atoms with van der Waals surface area (Å²) >= 11 is 0. The third-order valence-corrected chi connectivity index (χ3v) is 2.08. The predicted molar refractivity (Wildman–Crippen MR) is 58.2 cm³/mol. The summed E-state index contributed by atoms with van der Waals surface area (Å²) < 4.78 is 0. The van der Waals surface area contributed by atoms with Crippen molar-refractivity contribution in [1.82, 2.24) is 20.8 Å². The van der Waals surface area contributed by atoms with Gasteiger partial charge >= 0.3 is 0 Å². The largest absolute Gasteiger partial charge is 0.350 e. The molecule has 15 heavy (non-hydrogen) atoms. The molecule has 0 radical (unpaired) electrons. The molecule has 0 aliphatic heterocycles. The van der Waals surface area contributed by atoms with E-state index >= 15 is 0 Å². The zero-order chi connectivity index (χ0) is 11.1. The monoisotopic (exact) mass is 210 g/mol. The van der Waals surface area contributed by atoms with Gasteiger partial charge in [0.1, 0.15) is 0 Å². The molecular weight excluding hydrogens is 192 g/mol. The van der Waals surface area contributed by atoms with Gasteiger partial charge in [-0.15, -0.1) is 0 Å². The Balaban J connectivity index is 2.19. The molecule has 0 spiro atoms. The van der Waals surface area contributed by atoms with E-state index in [0.29, 0.717) is 13.0 Å². The maximum atomic E-state index is 11.4. The first-order valence-corrected chi connectivity index (χ1v) is 5.20. The second-order valence-corrected chi connectivity index (χ2v) is 3.52. The van der Waals surface area contributed by atoms with Crippen molar-refractivity contribution in [3.8, 4) is 0 Å². The average Bonchev–Trinajstić information content (AvgIpc) is 2.67. The van der Waals surface area contributed by atoms with Crippen LogP contribution in [0.25, 0.3) is 0 Å². The number of hydrogen-bond donors (Lipinski definition) is 3. The number of aromatic nitrogens is 2. The molecule has 0 fully saturated rings. The molecule has 0 saturated carbocycles. The zero-order valence-corrected chi connectivity index (χ0v) is 9.21. The maximum absolute atomic E-state index is 11.4. The first-order chi connectivity index (χ1) is 7.22. The number of aromatic amines is 1. The minimum absolute atomic E-state index is 0.0538. The quantitative estimate of drug-likeness (QED) is 0.637. The molecule has 1 aromatic heterocycles. The number of nitrogens with one attached hydrogen (secondary N) is 3. The van der Waals surface area contributed by atoms with Gasteiger partial charge in [-0.2, -0.15) is 5.10 Å². The van der Waals surface area contributed by atoms with Crippen LogP contribution in [-0.2, 0) is 11.3 Å². The van der Waals surface area contributed by atoms with Crippen LogP contribution >= 0.6 is 0 Å². The van der Waals surface area contributed by atoms with Gasteiger partial charge in [-0.1, -0.05) is 6.92 Å². The standard InChI is InChI=1S/C10H18N4O/c1-3-11-8(2)6-10(15)12-7-9-4-5-13-14-9/h4-5,8,11H,3,6-7H2,1-2H3,(H,12,15)(H,13,14). The molecule has 0 bridgehead atoms. The Kier molecular flexibility index (Phi) is 4.83. The van der Waals surface area contributed by atoms with Crippen LogP contribution in [-0.4, -0.2) is 28.7 Å². The molecule has 0 saturated heterocycles. The molecule has 5 nitrogen and oxygen atoms in total. The molecule has 0 aliphatic carbocycles. The van der Waals surface area contributed by atoms with E-state index in [4.69, 9.17) is 0 Å². The van der Waals surface area contributed by atoms with E-state index < -0.39 is 0 Å². The van der Waals surface area contributed by atoms with Crippen LogP contribution in [0.15, 0.2) is 12.3 Å². The molecule has 1 aromatic rings. The third kappa shape index (κ3) is 4.60. The molecule has 3 N–H and O–H groups in total. The number of amides is 1. The van der Waals surface area contributed by atoms with Gasteiger partial charge in [0.15, 0.2) is 0 Å². The lowest BCUT2D eigenvalue weighted by molar-refractivity contribution is -0.121. The number of carbonyl (C=O) groups excluding carboxylic acids is 1. The van der Waals surface area contributed by atoms with Gasteiger partial charge in [0.2, 0.25) is 5.91 Å². The normalized spacial score (nSPS) is 12.4. The molecule has 1 amide bonds. The van der Waals surface area contributed by atoms with Gasteiger partial charge in [-0.25, -0.2) is 0 Å². The molecule has 0 aromatic carbocycles. The molecule has 1 atom stereocenters. The summed E-state index contributed by atoms with van der Waals surface area (Å²) in [5.41, 5.74) is 0.916. The van der Waals surface area contributed by atoms with Gasteiger partial charge in [0, 0.05) is 18.7 Å². The highest BCUT2D eigenvalue weighted by molar-refractivity contribution is 5.76. The minimum atomic E-state index is 0.0538. The number of rotatable bonds is 6. The van der Waals surface area contributed by atoms with E-state index in [1.54, 1.807) is 6.20 Å². The Morgan fingerprint density at radius 2 is 2.47 bits per heavy atom. The van der Waals surface area contributed by atoms with Crippen molar-refractivity contribution in [3.63, 3.8) is 0 Å². The molecule has 1 unspecified atom stereocenters. The number of nitrogens with zero attached hydrogens (tertiary/aromatic N) is 1. The topological polar surface area (TPSA) is 69.8 Å².